The SMILES string of the molecule is CC(NCc1ccc2c(c1)CCC2)C1CCCCC1. The van der Waals surface area contributed by atoms with Gasteiger partial charge in [-0.1, -0.05) is 37.5 Å². The van der Waals surface area contributed by atoms with E-state index in [0.717, 1.165) is 12.5 Å². The number of hydrogen-bond acceptors (Lipinski definition) is 1. The molecular weight excluding hydrogens is 230 g/mol. The minimum absolute atomic E-state index is 0.675. The maximum absolute atomic E-state index is 3.76. The van der Waals surface area contributed by atoms with E-state index in [1.54, 1.807) is 11.1 Å². The van der Waals surface area contributed by atoms with Gasteiger partial charge in [-0.3, -0.25) is 0 Å². The van der Waals surface area contributed by atoms with Crippen molar-refractivity contribution in [2.45, 2.75) is 70.9 Å². The van der Waals surface area contributed by atoms with Crippen molar-refractivity contribution >= 4 is 0 Å². The van der Waals surface area contributed by atoms with Gasteiger partial charge in [0.1, 0.15) is 0 Å². The lowest BCUT2D eigenvalue weighted by molar-refractivity contribution is 0.280. The molecule has 1 aromatic rings. The van der Waals surface area contributed by atoms with Crippen LogP contribution in [0, 0.1) is 5.92 Å². The van der Waals surface area contributed by atoms with Gasteiger partial charge >= 0.3 is 0 Å². The van der Waals surface area contributed by atoms with Crippen molar-refractivity contribution in [2.75, 3.05) is 0 Å². The first kappa shape index (κ1) is 13.2. The Labute approximate surface area is 117 Å². The van der Waals surface area contributed by atoms with Gasteiger partial charge in [0.05, 0.1) is 0 Å². The van der Waals surface area contributed by atoms with Crippen molar-refractivity contribution in [3.05, 3.63) is 34.9 Å². The second-order valence-electron chi connectivity index (χ2n) is 6.52. The second kappa shape index (κ2) is 6.09. The van der Waals surface area contributed by atoms with Crippen LogP contribution >= 0.6 is 0 Å². The van der Waals surface area contributed by atoms with Crippen LogP contribution in [0.25, 0.3) is 0 Å². The molecule has 1 aromatic carbocycles. The molecule has 0 aromatic heterocycles. The summed E-state index contributed by atoms with van der Waals surface area (Å²) < 4.78 is 0. The number of hydrogen-bond donors (Lipinski definition) is 1. The van der Waals surface area contributed by atoms with Crippen LogP contribution in [0.4, 0.5) is 0 Å². The van der Waals surface area contributed by atoms with Crippen LogP contribution in [0.5, 0.6) is 0 Å². The van der Waals surface area contributed by atoms with Crippen LogP contribution in [-0.2, 0) is 19.4 Å². The zero-order chi connectivity index (χ0) is 13.1. The van der Waals surface area contributed by atoms with E-state index < -0.39 is 0 Å². The van der Waals surface area contributed by atoms with Crippen LogP contribution in [-0.4, -0.2) is 6.04 Å². The molecular formula is C18H27N. The van der Waals surface area contributed by atoms with E-state index in [1.165, 1.54) is 56.9 Å². The lowest BCUT2D eigenvalue weighted by Gasteiger charge is -2.28. The monoisotopic (exact) mass is 257 g/mol. The Kier molecular flexibility index (Phi) is 4.22. The van der Waals surface area contributed by atoms with E-state index in [0.29, 0.717) is 6.04 Å². The first-order valence-electron chi connectivity index (χ1n) is 8.17. The van der Waals surface area contributed by atoms with Crippen LogP contribution in [0.2, 0.25) is 0 Å². The summed E-state index contributed by atoms with van der Waals surface area (Å²) in [7, 11) is 0. The summed E-state index contributed by atoms with van der Waals surface area (Å²) in [5.41, 5.74) is 4.66. The summed E-state index contributed by atoms with van der Waals surface area (Å²) in [5.74, 6) is 0.906. The zero-order valence-electron chi connectivity index (χ0n) is 12.3. The third-order valence-electron chi connectivity index (χ3n) is 5.15. The Hall–Kier alpha value is -0.820. The molecule has 3 rings (SSSR count). The van der Waals surface area contributed by atoms with Crippen molar-refractivity contribution < 1.29 is 0 Å². The number of aryl methyl sites for hydroxylation is 2. The maximum Gasteiger partial charge on any atom is 0.0208 e. The van der Waals surface area contributed by atoms with E-state index in [2.05, 4.69) is 30.4 Å². The van der Waals surface area contributed by atoms with Gasteiger partial charge in [-0.15, -0.1) is 0 Å². The Balaban J connectivity index is 1.53. The summed E-state index contributed by atoms with van der Waals surface area (Å²) in [4.78, 5) is 0. The lowest BCUT2D eigenvalue weighted by atomic mass is 9.84. The average molecular weight is 257 g/mol. The maximum atomic E-state index is 3.76. The molecule has 0 heterocycles. The Morgan fingerprint density at radius 3 is 2.68 bits per heavy atom. The number of nitrogens with one attached hydrogen (secondary N) is 1. The van der Waals surface area contributed by atoms with Crippen molar-refractivity contribution in [3.63, 3.8) is 0 Å². The van der Waals surface area contributed by atoms with Crippen LogP contribution in [0.3, 0.4) is 0 Å². The topological polar surface area (TPSA) is 12.0 Å². The molecule has 0 amide bonds. The molecule has 0 spiro atoms. The molecule has 1 atom stereocenters. The molecule has 19 heavy (non-hydrogen) atoms. The van der Waals surface area contributed by atoms with Crippen LogP contribution in [0.15, 0.2) is 18.2 Å². The molecule has 1 nitrogen and oxygen atoms in total. The summed E-state index contributed by atoms with van der Waals surface area (Å²) >= 11 is 0. The minimum Gasteiger partial charge on any atom is -0.310 e. The van der Waals surface area contributed by atoms with Gasteiger partial charge in [-0.25, -0.2) is 0 Å². The zero-order valence-corrected chi connectivity index (χ0v) is 12.3. The van der Waals surface area contributed by atoms with Gasteiger partial charge in [0.25, 0.3) is 0 Å². The van der Waals surface area contributed by atoms with Crippen LogP contribution in [0.1, 0.15) is 62.1 Å². The quantitative estimate of drug-likeness (QED) is 0.851. The molecule has 104 valence electrons. The van der Waals surface area contributed by atoms with Crippen LogP contribution < -0.4 is 5.32 Å². The lowest BCUT2D eigenvalue weighted by Crippen LogP contribution is -2.34. The van der Waals surface area contributed by atoms with Gasteiger partial charge in [-0.05, 0) is 61.6 Å². The fourth-order valence-electron chi connectivity index (χ4n) is 3.81. The van der Waals surface area contributed by atoms with Gasteiger partial charge in [0.2, 0.25) is 0 Å². The molecule has 0 saturated heterocycles. The first-order valence-corrected chi connectivity index (χ1v) is 8.17. The van der Waals surface area contributed by atoms with Crippen molar-refractivity contribution in [1.82, 2.24) is 5.32 Å². The predicted molar refractivity (Wildman–Crippen MR) is 81.3 cm³/mol. The Morgan fingerprint density at radius 1 is 1.05 bits per heavy atom. The molecule has 0 aliphatic heterocycles. The van der Waals surface area contributed by atoms with Gasteiger partial charge in [0, 0.05) is 12.6 Å². The molecule has 1 heteroatoms. The number of fused-ring (bicyclic) bond motifs is 1. The number of benzene rings is 1. The molecule has 0 radical (unpaired) electrons. The molecule has 1 N–H and O–H groups in total. The van der Waals surface area contributed by atoms with E-state index >= 15 is 0 Å². The minimum atomic E-state index is 0.675. The Morgan fingerprint density at radius 2 is 1.84 bits per heavy atom. The fraction of sp³-hybridized carbons (Fsp3) is 0.667. The van der Waals surface area contributed by atoms with E-state index in [1.807, 2.05) is 0 Å². The number of rotatable bonds is 4. The third-order valence-corrected chi connectivity index (χ3v) is 5.15. The second-order valence-corrected chi connectivity index (χ2v) is 6.52. The van der Waals surface area contributed by atoms with Gasteiger partial charge in [0.15, 0.2) is 0 Å². The largest absolute Gasteiger partial charge is 0.310 e. The summed E-state index contributed by atoms with van der Waals surface area (Å²) in [6.07, 6.45) is 11.1. The summed E-state index contributed by atoms with van der Waals surface area (Å²) in [5, 5.41) is 3.76. The molecule has 2 aliphatic carbocycles. The first-order chi connectivity index (χ1) is 9.33. The van der Waals surface area contributed by atoms with E-state index in [-0.39, 0.29) is 0 Å². The van der Waals surface area contributed by atoms with Crippen molar-refractivity contribution in [2.24, 2.45) is 5.92 Å². The summed E-state index contributed by atoms with van der Waals surface area (Å²) in [6.45, 7) is 3.42. The van der Waals surface area contributed by atoms with E-state index in [4.69, 9.17) is 0 Å². The van der Waals surface area contributed by atoms with Gasteiger partial charge < -0.3 is 5.32 Å². The highest BCUT2D eigenvalue weighted by Gasteiger charge is 2.19. The van der Waals surface area contributed by atoms with Gasteiger partial charge in [-0.2, -0.15) is 0 Å². The highest BCUT2D eigenvalue weighted by Crippen LogP contribution is 2.27. The normalized spacial score (nSPS) is 21.3. The smallest absolute Gasteiger partial charge is 0.0208 e. The molecule has 1 saturated carbocycles. The fourth-order valence-corrected chi connectivity index (χ4v) is 3.81. The highest BCUT2D eigenvalue weighted by molar-refractivity contribution is 5.35. The molecule has 1 unspecified atom stereocenters. The summed E-state index contributed by atoms with van der Waals surface area (Å²) in [6, 6.07) is 7.78. The molecule has 0 bridgehead atoms. The average Bonchev–Trinajstić information content (AvgIpc) is 2.93. The molecule has 2 aliphatic rings. The third kappa shape index (κ3) is 3.20. The van der Waals surface area contributed by atoms with E-state index in [9.17, 15) is 0 Å². The Bertz CT molecular complexity index is 418. The van der Waals surface area contributed by atoms with Crippen molar-refractivity contribution in [3.8, 4) is 0 Å². The van der Waals surface area contributed by atoms with Crippen molar-refractivity contribution in [1.29, 1.82) is 0 Å². The highest BCUT2D eigenvalue weighted by atomic mass is 14.9. The standard InChI is InChI=1S/C18H27N/c1-14(16-6-3-2-4-7-16)19-13-15-10-11-17-8-5-9-18(17)12-15/h10-12,14,16,19H,2-9,13H2,1H3. The predicted octanol–water partition coefficient (Wildman–Crippen LogP) is 4.23. The molecule has 1 fully saturated rings.